The second-order valence-electron chi connectivity index (χ2n) is 6.41. The van der Waals surface area contributed by atoms with Crippen molar-refractivity contribution < 1.29 is 14.0 Å². The summed E-state index contributed by atoms with van der Waals surface area (Å²) < 4.78 is 14.1. The monoisotopic (exact) mass is 445 g/mol. The summed E-state index contributed by atoms with van der Waals surface area (Å²) in [6.07, 6.45) is 0.126. The topological polar surface area (TPSA) is 70.2 Å². The third kappa shape index (κ3) is 5.95. The molecule has 0 aliphatic rings. The Labute approximate surface area is 183 Å². The molecule has 0 aromatic heterocycles. The first kappa shape index (κ1) is 21.6. The summed E-state index contributed by atoms with van der Waals surface area (Å²) >= 11 is 12.0. The Bertz CT molecular complexity index is 1060. The minimum Gasteiger partial charge on any atom is -0.376 e. The summed E-state index contributed by atoms with van der Waals surface area (Å²) in [7, 11) is 0. The van der Waals surface area contributed by atoms with Crippen LogP contribution in [0.4, 0.5) is 21.5 Å². The second kappa shape index (κ2) is 10.1. The molecule has 0 bridgehead atoms. The highest BCUT2D eigenvalue weighted by Crippen LogP contribution is 2.29. The fourth-order valence-corrected chi connectivity index (χ4v) is 3.03. The van der Waals surface area contributed by atoms with Crippen LogP contribution in [0.25, 0.3) is 0 Å². The fraction of sp³-hybridized carbons (Fsp3) is 0.0909. The smallest absolute Gasteiger partial charge is 0.243 e. The highest BCUT2D eigenvalue weighted by atomic mass is 35.5. The lowest BCUT2D eigenvalue weighted by atomic mass is 10.1. The van der Waals surface area contributed by atoms with Gasteiger partial charge < -0.3 is 16.0 Å². The summed E-state index contributed by atoms with van der Waals surface area (Å²) in [6, 6.07) is 18.2. The molecule has 30 heavy (non-hydrogen) atoms. The van der Waals surface area contributed by atoms with Gasteiger partial charge in [-0.2, -0.15) is 0 Å². The van der Waals surface area contributed by atoms with E-state index < -0.39 is 5.82 Å². The van der Waals surface area contributed by atoms with Gasteiger partial charge in [0.05, 0.1) is 34.4 Å². The normalized spacial score (nSPS) is 10.4. The van der Waals surface area contributed by atoms with Gasteiger partial charge in [0, 0.05) is 5.69 Å². The number of hydrogen-bond acceptors (Lipinski definition) is 3. The van der Waals surface area contributed by atoms with E-state index in [4.69, 9.17) is 23.2 Å². The Kier molecular flexibility index (Phi) is 7.27. The van der Waals surface area contributed by atoms with Crippen molar-refractivity contribution in [2.24, 2.45) is 0 Å². The molecule has 0 aliphatic heterocycles. The minimum atomic E-state index is -0.572. The van der Waals surface area contributed by atoms with Crippen LogP contribution < -0.4 is 16.0 Å². The molecule has 0 radical (unpaired) electrons. The molecule has 0 spiro atoms. The number of nitrogens with one attached hydrogen (secondary N) is 3. The summed E-state index contributed by atoms with van der Waals surface area (Å²) in [5, 5.41) is 8.66. The minimum absolute atomic E-state index is 0.0271. The molecule has 0 aliphatic carbocycles. The number of anilines is 3. The predicted octanol–water partition coefficient (Wildman–Crippen LogP) is 5.36. The molecule has 5 nitrogen and oxygen atoms in total. The van der Waals surface area contributed by atoms with Crippen LogP contribution in [0.2, 0.25) is 10.0 Å². The highest BCUT2D eigenvalue weighted by Gasteiger charge is 2.11. The van der Waals surface area contributed by atoms with Crippen LogP contribution in [-0.4, -0.2) is 18.4 Å². The van der Waals surface area contributed by atoms with E-state index in [0.717, 1.165) is 5.56 Å². The van der Waals surface area contributed by atoms with E-state index in [2.05, 4.69) is 16.0 Å². The molecule has 154 valence electrons. The maximum atomic E-state index is 14.1. The van der Waals surface area contributed by atoms with E-state index in [0.29, 0.717) is 16.4 Å². The molecule has 0 saturated heterocycles. The molecule has 3 aromatic carbocycles. The Morgan fingerprint density at radius 1 is 0.833 bits per heavy atom. The maximum absolute atomic E-state index is 14.1. The van der Waals surface area contributed by atoms with Crippen molar-refractivity contribution in [3.8, 4) is 0 Å². The van der Waals surface area contributed by atoms with Gasteiger partial charge in [0.1, 0.15) is 5.82 Å². The third-order valence-electron chi connectivity index (χ3n) is 4.13. The first-order valence-corrected chi connectivity index (χ1v) is 9.79. The van der Waals surface area contributed by atoms with Gasteiger partial charge in [0.25, 0.3) is 0 Å². The molecular formula is C22H18Cl2FN3O2. The van der Waals surface area contributed by atoms with Crippen molar-refractivity contribution in [3.63, 3.8) is 0 Å². The van der Waals surface area contributed by atoms with Crippen LogP contribution in [0.5, 0.6) is 0 Å². The predicted molar refractivity (Wildman–Crippen MR) is 119 cm³/mol. The van der Waals surface area contributed by atoms with Gasteiger partial charge in [0.2, 0.25) is 11.8 Å². The number of carbonyl (C=O) groups is 2. The van der Waals surface area contributed by atoms with E-state index in [1.807, 2.05) is 30.3 Å². The largest absolute Gasteiger partial charge is 0.376 e. The average molecular weight is 446 g/mol. The first-order valence-electron chi connectivity index (χ1n) is 9.03. The van der Waals surface area contributed by atoms with Crippen LogP contribution in [0.3, 0.4) is 0 Å². The van der Waals surface area contributed by atoms with Crippen LogP contribution in [0.15, 0.2) is 66.7 Å². The lowest BCUT2D eigenvalue weighted by molar-refractivity contribution is -0.116. The SMILES string of the molecule is O=C(Cc1ccccc1)Nc1cc(NCC(=O)Nc2cccc(Cl)c2Cl)ccc1F. The number of benzene rings is 3. The zero-order chi connectivity index (χ0) is 21.5. The molecule has 0 fully saturated rings. The molecule has 8 heteroatoms. The summed E-state index contributed by atoms with van der Waals surface area (Å²) in [4.78, 5) is 24.4. The molecule has 3 rings (SSSR count). The van der Waals surface area contributed by atoms with Crippen molar-refractivity contribution in [2.45, 2.75) is 6.42 Å². The standard InChI is InChI=1S/C22H18Cl2FN3O2/c23-16-7-4-8-18(22(16)24)27-21(30)13-26-15-9-10-17(25)19(12-15)28-20(29)11-14-5-2-1-3-6-14/h1-10,12,26H,11,13H2,(H,27,30)(H,28,29). The summed E-state index contributed by atoms with van der Waals surface area (Å²) in [6.45, 7) is -0.0914. The zero-order valence-corrected chi connectivity index (χ0v) is 17.2. The lowest BCUT2D eigenvalue weighted by Gasteiger charge is -2.12. The number of hydrogen-bond donors (Lipinski definition) is 3. The van der Waals surface area contributed by atoms with Crippen molar-refractivity contribution in [3.05, 3.63) is 88.2 Å². The van der Waals surface area contributed by atoms with E-state index in [1.54, 1.807) is 18.2 Å². The molecule has 0 saturated carbocycles. The van der Waals surface area contributed by atoms with Crippen LogP contribution in [0.1, 0.15) is 5.56 Å². The molecular weight excluding hydrogens is 428 g/mol. The molecule has 3 aromatic rings. The second-order valence-corrected chi connectivity index (χ2v) is 7.19. The van der Waals surface area contributed by atoms with Crippen molar-refractivity contribution >= 4 is 52.1 Å². The number of rotatable bonds is 7. The van der Waals surface area contributed by atoms with E-state index in [-0.39, 0.29) is 35.5 Å². The van der Waals surface area contributed by atoms with Crippen molar-refractivity contribution in [1.82, 2.24) is 0 Å². The highest BCUT2D eigenvalue weighted by molar-refractivity contribution is 6.44. The van der Waals surface area contributed by atoms with E-state index in [9.17, 15) is 14.0 Å². The number of halogens is 3. The van der Waals surface area contributed by atoms with Gasteiger partial charge in [-0.3, -0.25) is 9.59 Å². The van der Waals surface area contributed by atoms with Crippen LogP contribution in [0, 0.1) is 5.82 Å². The average Bonchev–Trinajstić information content (AvgIpc) is 2.72. The Balaban J connectivity index is 1.58. The van der Waals surface area contributed by atoms with Gasteiger partial charge in [-0.25, -0.2) is 4.39 Å². The van der Waals surface area contributed by atoms with E-state index >= 15 is 0 Å². The summed E-state index contributed by atoms with van der Waals surface area (Å²) in [5.74, 6) is -1.28. The molecule has 3 N–H and O–H groups in total. The molecule has 0 heterocycles. The summed E-state index contributed by atoms with van der Waals surface area (Å²) in [5.41, 5.74) is 1.71. The zero-order valence-electron chi connectivity index (χ0n) is 15.7. The Morgan fingerprint density at radius 3 is 2.33 bits per heavy atom. The van der Waals surface area contributed by atoms with Gasteiger partial charge >= 0.3 is 0 Å². The molecule has 0 unspecified atom stereocenters. The third-order valence-corrected chi connectivity index (χ3v) is 4.95. The lowest BCUT2D eigenvalue weighted by Crippen LogP contribution is -2.22. The molecule has 0 atom stereocenters. The van der Waals surface area contributed by atoms with Gasteiger partial charge in [-0.15, -0.1) is 0 Å². The Hall–Kier alpha value is -3.09. The van der Waals surface area contributed by atoms with Crippen LogP contribution >= 0.6 is 23.2 Å². The number of carbonyl (C=O) groups excluding carboxylic acids is 2. The quantitative estimate of drug-likeness (QED) is 0.458. The first-order chi connectivity index (χ1) is 14.4. The van der Waals surface area contributed by atoms with E-state index in [1.165, 1.54) is 18.2 Å². The van der Waals surface area contributed by atoms with Crippen molar-refractivity contribution in [1.29, 1.82) is 0 Å². The van der Waals surface area contributed by atoms with Crippen LogP contribution in [-0.2, 0) is 16.0 Å². The van der Waals surface area contributed by atoms with Gasteiger partial charge in [0.15, 0.2) is 0 Å². The Morgan fingerprint density at radius 2 is 1.57 bits per heavy atom. The van der Waals surface area contributed by atoms with Crippen molar-refractivity contribution in [2.75, 3.05) is 22.5 Å². The molecule has 2 amide bonds. The number of amides is 2. The maximum Gasteiger partial charge on any atom is 0.243 e. The fourth-order valence-electron chi connectivity index (χ4n) is 2.68. The van der Waals surface area contributed by atoms with Gasteiger partial charge in [-0.1, -0.05) is 59.6 Å². The van der Waals surface area contributed by atoms with Gasteiger partial charge in [-0.05, 0) is 35.9 Å².